The van der Waals surface area contributed by atoms with Crippen LogP contribution in [0, 0.1) is 29.3 Å². The van der Waals surface area contributed by atoms with Crippen LogP contribution in [-0.2, 0) is 12.8 Å². The van der Waals surface area contributed by atoms with Gasteiger partial charge in [0.15, 0.2) is 17.5 Å². The van der Waals surface area contributed by atoms with E-state index in [9.17, 15) is 13.2 Å². The summed E-state index contributed by atoms with van der Waals surface area (Å²) in [6.07, 6.45) is 5.59. The van der Waals surface area contributed by atoms with E-state index in [1.54, 1.807) is 18.3 Å². The number of aromatic nitrogens is 1. The van der Waals surface area contributed by atoms with E-state index >= 15 is 0 Å². The number of hydrogen-bond donors (Lipinski definition) is 0. The fourth-order valence-corrected chi connectivity index (χ4v) is 3.53. The van der Waals surface area contributed by atoms with Crippen LogP contribution in [-0.4, -0.2) is 11.6 Å². The molecule has 0 aliphatic carbocycles. The fourth-order valence-electron chi connectivity index (χ4n) is 3.53. The van der Waals surface area contributed by atoms with Gasteiger partial charge in [0.1, 0.15) is 5.75 Å². The van der Waals surface area contributed by atoms with E-state index in [1.807, 2.05) is 36.4 Å². The Hall–Kier alpha value is -3.78. The van der Waals surface area contributed by atoms with Gasteiger partial charge in [-0.2, -0.15) is 0 Å². The molecule has 0 fully saturated rings. The van der Waals surface area contributed by atoms with Crippen molar-refractivity contribution in [3.05, 3.63) is 107 Å². The Morgan fingerprint density at radius 3 is 2.32 bits per heavy atom. The van der Waals surface area contributed by atoms with Crippen molar-refractivity contribution in [2.45, 2.75) is 32.6 Å². The second kappa shape index (κ2) is 10.9. The zero-order chi connectivity index (χ0) is 23.9. The minimum atomic E-state index is -1.46. The van der Waals surface area contributed by atoms with E-state index in [0.29, 0.717) is 12.2 Å². The summed E-state index contributed by atoms with van der Waals surface area (Å²) in [4.78, 5) is 4.48. The molecule has 4 rings (SSSR count). The van der Waals surface area contributed by atoms with Crippen molar-refractivity contribution in [2.24, 2.45) is 0 Å². The number of nitrogens with zero attached hydrogens (tertiary/aromatic N) is 1. The third kappa shape index (κ3) is 5.77. The molecule has 0 N–H and O–H groups in total. The number of rotatable bonds is 7. The third-order valence-electron chi connectivity index (χ3n) is 5.51. The zero-order valence-corrected chi connectivity index (χ0v) is 18.9. The van der Waals surface area contributed by atoms with Crippen molar-refractivity contribution >= 4 is 10.8 Å². The van der Waals surface area contributed by atoms with Gasteiger partial charge in [-0.05, 0) is 72.7 Å². The summed E-state index contributed by atoms with van der Waals surface area (Å²) < 4.78 is 46.4. The van der Waals surface area contributed by atoms with E-state index in [4.69, 9.17) is 4.74 Å². The van der Waals surface area contributed by atoms with E-state index < -0.39 is 17.5 Å². The van der Waals surface area contributed by atoms with Gasteiger partial charge in [-0.25, -0.2) is 13.2 Å². The molecule has 0 saturated carbocycles. The minimum absolute atomic E-state index is 0.0296. The summed E-state index contributed by atoms with van der Waals surface area (Å²) in [7, 11) is 0. The average Bonchev–Trinajstić information content (AvgIpc) is 2.86. The fraction of sp³-hybridized carbons (Fsp3) is 0.207. The lowest BCUT2D eigenvalue weighted by Crippen LogP contribution is -1.99. The molecule has 0 aliphatic heterocycles. The second-order valence-electron chi connectivity index (χ2n) is 8.06. The van der Waals surface area contributed by atoms with Crippen LogP contribution in [0.3, 0.4) is 0 Å². The molecule has 2 nitrogen and oxygen atoms in total. The average molecular weight is 460 g/mol. The van der Waals surface area contributed by atoms with Gasteiger partial charge < -0.3 is 4.74 Å². The molecule has 3 aromatic carbocycles. The van der Waals surface area contributed by atoms with Gasteiger partial charge in [-0.3, -0.25) is 4.98 Å². The first-order valence-electron chi connectivity index (χ1n) is 11.3. The van der Waals surface area contributed by atoms with Crippen LogP contribution in [0.2, 0.25) is 0 Å². The highest BCUT2D eigenvalue weighted by Crippen LogP contribution is 2.24. The molecule has 172 valence electrons. The number of aryl methyl sites for hydroxylation is 2. The van der Waals surface area contributed by atoms with Crippen molar-refractivity contribution in [3.8, 4) is 17.6 Å². The summed E-state index contributed by atoms with van der Waals surface area (Å²) >= 11 is 0. The van der Waals surface area contributed by atoms with E-state index in [0.717, 1.165) is 48.8 Å². The molecule has 0 aliphatic rings. The maximum absolute atomic E-state index is 13.9. The zero-order valence-electron chi connectivity index (χ0n) is 18.9. The SMILES string of the molecule is CCCCOc1ccc(CCc2ccc(C#Cc3ccc4c(F)c(F)c(F)cc4c3)cc2)nc1. The largest absolute Gasteiger partial charge is 0.492 e. The van der Waals surface area contributed by atoms with Crippen LogP contribution >= 0.6 is 0 Å². The molecule has 1 aromatic heterocycles. The van der Waals surface area contributed by atoms with Crippen molar-refractivity contribution in [1.29, 1.82) is 0 Å². The highest BCUT2D eigenvalue weighted by Gasteiger charge is 2.13. The molecule has 0 spiro atoms. The standard InChI is InChI=1S/C29H24F3NO/c1-2-3-16-34-25-14-13-24(33-19-25)12-10-21-6-4-20(5-7-21)8-9-22-11-15-26-23(17-22)18-27(30)29(32)28(26)31/h4-7,11,13-15,17-19H,2-3,10,12,16H2,1H3. The number of fused-ring (bicyclic) bond motifs is 1. The Kier molecular flexibility index (Phi) is 7.49. The predicted molar refractivity (Wildman–Crippen MR) is 128 cm³/mol. The number of ether oxygens (including phenoxy) is 1. The number of unbranched alkanes of at least 4 members (excludes halogenated alkanes) is 1. The van der Waals surface area contributed by atoms with E-state index in [1.165, 1.54) is 11.6 Å². The summed E-state index contributed by atoms with van der Waals surface area (Å²) in [5.74, 6) is 3.00. The van der Waals surface area contributed by atoms with Gasteiger partial charge in [-0.15, -0.1) is 0 Å². The topological polar surface area (TPSA) is 22.1 Å². The highest BCUT2D eigenvalue weighted by atomic mass is 19.2. The lowest BCUT2D eigenvalue weighted by molar-refractivity contribution is 0.308. The van der Waals surface area contributed by atoms with Crippen LogP contribution in [0.15, 0.2) is 66.9 Å². The van der Waals surface area contributed by atoms with Gasteiger partial charge in [-0.1, -0.05) is 43.4 Å². The van der Waals surface area contributed by atoms with Crippen LogP contribution in [0.4, 0.5) is 13.2 Å². The molecule has 1 heterocycles. The maximum Gasteiger partial charge on any atom is 0.195 e. The molecule has 0 radical (unpaired) electrons. The second-order valence-corrected chi connectivity index (χ2v) is 8.06. The minimum Gasteiger partial charge on any atom is -0.492 e. The lowest BCUT2D eigenvalue weighted by Gasteiger charge is -2.06. The van der Waals surface area contributed by atoms with Crippen LogP contribution in [0.1, 0.15) is 42.1 Å². The van der Waals surface area contributed by atoms with Gasteiger partial charge in [0, 0.05) is 22.2 Å². The van der Waals surface area contributed by atoms with Crippen LogP contribution in [0.25, 0.3) is 10.8 Å². The summed E-state index contributed by atoms with van der Waals surface area (Å²) in [6, 6.07) is 17.4. The predicted octanol–water partition coefficient (Wildman–Crippen LogP) is 7.02. The van der Waals surface area contributed by atoms with Gasteiger partial charge in [0.05, 0.1) is 12.8 Å². The number of pyridine rings is 1. The third-order valence-corrected chi connectivity index (χ3v) is 5.51. The first kappa shape index (κ1) is 23.4. The highest BCUT2D eigenvalue weighted by molar-refractivity contribution is 5.84. The van der Waals surface area contributed by atoms with Crippen LogP contribution < -0.4 is 4.74 Å². The van der Waals surface area contributed by atoms with E-state index in [-0.39, 0.29) is 10.8 Å². The summed E-state index contributed by atoms with van der Waals surface area (Å²) in [6.45, 7) is 2.84. The molecule has 34 heavy (non-hydrogen) atoms. The first-order chi connectivity index (χ1) is 16.5. The van der Waals surface area contributed by atoms with Gasteiger partial charge in [0.2, 0.25) is 0 Å². The van der Waals surface area contributed by atoms with Crippen molar-refractivity contribution in [3.63, 3.8) is 0 Å². The smallest absolute Gasteiger partial charge is 0.195 e. The Morgan fingerprint density at radius 2 is 1.59 bits per heavy atom. The van der Waals surface area contributed by atoms with Crippen LogP contribution in [0.5, 0.6) is 5.75 Å². The molecule has 4 aromatic rings. The van der Waals surface area contributed by atoms with Crippen molar-refractivity contribution in [2.75, 3.05) is 6.61 Å². The lowest BCUT2D eigenvalue weighted by atomic mass is 10.0. The molecular formula is C29H24F3NO. The normalized spacial score (nSPS) is 10.7. The number of halogens is 3. The molecule has 0 amide bonds. The Balaban J connectivity index is 1.37. The van der Waals surface area contributed by atoms with Crippen molar-refractivity contribution < 1.29 is 17.9 Å². The van der Waals surface area contributed by atoms with E-state index in [2.05, 4.69) is 23.7 Å². The van der Waals surface area contributed by atoms with Crippen molar-refractivity contribution in [1.82, 2.24) is 4.98 Å². The number of benzene rings is 3. The number of hydrogen-bond acceptors (Lipinski definition) is 2. The summed E-state index contributed by atoms with van der Waals surface area (Å²) in [5.41, 5.74) is 3.60. The summed E-state index contributed by atoms with van der Waals surface area (Å²) in [5, 5.41) is 0.301. The maximum atomic E-state index is 13.9. The van der Waals surface area contributed by atoms with Gasteiger partial charge in [0.25, 0.3) is 0 Å². The Morgan fingerprint density at radius 1 is 0.824 bits per heavy atom. The molecule has 5 heteroatoms. The molecular weight excluding hydrogens is 435 g/mol. The first-order valence-corrected chi connectivity index (χ1v) is 11.3. The molecule has 0 atom stereocenters. The quantitative estimate of drug-likeness (QED) is 0.168. The monoisotopic (exact) mass is 459 g/mol. The molecule has 0 unspecified atom stereocenters. The van der Waals surface area contributed by atoms with Gasteiger partial charge >= 0.3 is 0 Å². The molecule has 0 bridgehead atoms. The molecule has 0 saturated heterocycles. The Labute approximate surface area is 197 Å². The Bertz CT molecular complexity index is 1340.